The van der Waals surface area contributed by atoms with E-state index in [9.17, 15) is 0 Å². The summed E-state index contributed by atoms with van der Waals surface area (Å²) >= 11 is 0. The first-order chi connectivity index (χ1) is 5.18. The molecule has 6 N–H and O–H groups in total. The van der Waals surface area contributed by atoms with Crippen molar-refractivity contribution in [3.63, 3.8) is 0 Å². The second-order valence-electron chi connectivity index (χ2n) is 1.41. The molecule has 1 heterocycles. The van der Waals surface area contributed by atoms with Gasteiger partial charge in [0.2, 0.25) is 17.8 Å². The van der Waals surface area contributed by atoms with Gasteiger partial charge in [-0.2, -0.15) is 15.0 Å². The second kappa shape index (κ2) is 6.77. The summed E-state index contributed by atoms with van der Waals surface area (Å²) in [6.07, 6.45) is 0. The molecule has 62 valence electrons. The average Bonchev–Trinajstić information content (AvgIpc) is 1.88. The van der Waals surface area contributed by atoms with Crippen LogP contribution < -0.4 is 46.8 Å². The molecule has 0 atom stereocenters. The van der Waals surface area contributed by atoms with Crippen molar-refractivity contribution in [1.82, 2.24) is 15.0 Å². The van der Waals surface area contributed by atoms with Crippen LogP contribution in [-0.4, -0.2) is 21.7 Å². The van der Waals surface area contributed by atoms with Crippen molar-refractivity contribution in [2.45, 2.75) is 0 Å². The van der Waals surface area contributed by atoms with Crippen molar-refractivity contribution in [2.24, 2.45) is 0 Å². The Morgan fingerprint density at radius 2 is 1.08 bits per heavy atom. The number of carbonyl (C=O) groups excluding carboxylic acids is 1. The third-order valence-corrected chi connectivity index (χ3v) is 0.687. The average molecular weight is 180 g/mol. The number of rotatable bonds is 0. The maximum absolute atomic E-state index is 8.00. The fourth-order valence-electron chi connectivity index (χ4n) is 0.427. The molecular weight excluding hydrogens is 171 g/mol. The number of hydrogen-bond acceptors (Lipinski definition) is 7. The summed E-state index contributed by atoms with van der Waals surface area (Å²) in [6.45, 7) is 2.00. The predicted octanol–water partition coefficient (Wildman–Crippen LogP) is -4.45. The fraction of sp³-hybridized carbons (Fsp3) is 0. The minimum absolute atomic E-state index is 0. The molecule has 0 amide bonds. The molecule has 12 heavy (non-hydrogen) atoms. The zero-order chi connectivity index (χ0) is 8.85. The maximum Gasteiger partial charge on any atom is 1.00 e. The van der Waals surface area contributed by atoms with Gasteiger partial charge < -0.3 is 23.4 Å². The summed E-state index contributed by atoms with van der Waals surface area (Å²) in [7, 11) is 0. The molecule has 0 aromatic carbocycles. The van der Waals surface area contributed by atoms with Gasteiger partial charge in [-0.25, -0.2) is 0 Å². The van der Waals surface area contributed by atoms with Gasteiger partial charge in [0.15, 0.2) is 0 Å². The van der Waals surface area contributed by atoms with Crippen molar-refractivity contribution >= 4 is 24.6 Å². The van der Waals surface area contributed by atoms with E-state index in [1.807, 2.05) is 6.79 Å². The van der Waals surface area contributed by atoms with E-state index in [0.29, 0.717) is 0 Å². The van der Waals surface area contributed by atoms with E-state index in [2.05, 4.69) is 15.0 Å². The first kappa shape index (κ1) is 13.7. The number of hydrogen-bond donors (Lipinski definition) is 3. The quantitative estimate of drug-likeness (QED) is 0.343. The minimum atomic E-state index is 0. The van der Waals surface area contributed by atoms with Gasteiger partial charge in [-0.15, -0.1) is 0 Å². The van der Waals surface area contributed by atoms with Gasteiger partial charge in [-0.3, -0.25) is 0 Å². The molecule has 0 aliphatic carbocycles. The van der Waals surface area contributed by atoms with Gasteiger partial charge in [-0.05, 0) is 0 Å². The third-order valence-electron chi connectivity index (χ3n) is 0.687. The van der Waals surface area contributed by atoms with E-state index in [1.54, 1.807) is 0 Å². The van der Waals surface area contributed by atoms with Gasteiger partial charge in [-0.1, -0.05) is 0 Å². The summed E-state index contributed by atoms with van der Waals surface area (Å²) < 4.78 is 0. The molecule has 1 aromatic rings. The Morgan fingerprint density at radius 3 is 1.25 bits per heavy atom. The van der Waals surface area contributed by atoms with Crippen LogP contribution in [0.3, 0.4) is 0 Å². The Balaban J connectivity index is -0.000000234. The Kier molecular flexibility index (Phi) is 7.70. The summed E-state index contributed by atoms with van der Waals surface area (Å²) in [5.74, 6) is 0.125. The molecular formula is C4H9N6NaO. The van der Waals surface area contributed by atoms with Gasteiger partial charge in [0.1, 0.15) is 6.79 Å². The number of aromatic nitrogens is 3. The molecule has 0 aliphatic heterocycles. The summed E-state index contributed by atoms with van der Waals surface area (Å²) in [6, 6.07) is 0. The molecule has 0 fully saturated rings. The van der Waals surface area contributed by atoms with Crippen LogP contribution in [0.2, 0.25) is 0 Å². The molecule has 0 unspecified atom stereocenters. The Morgan fingerprint density at radius 1 is 0.917 bits per heavy atom. The standard InChI is InChI=1S/C3H6N6.CH2O.Na.H/c4-1-7-2(5)9-3(6)8-1;1-2;;/h(H6,4,5,6,7,8,9);1H2;;/q;;+1;-1. The first-order valence-corrected chi connectivity index (χ1v) is 2.50. The predicted molar refractivity (Wildman–Crippen MR) is 41.3 cm³/mol. The van der Waals surface area contributed by atoms with E-state index in [-0.39, 0.29) is 48.8 Å². The van der Waals surface area contributed by atoms with E-state index in [1.165, 1.54) is 0 Å². The number of anilines is 3. The van der Waals surface area contributed by atoms with Crippen LogP contribution in [0.4, 0.5) is 17.8 Å². The smallest absolute Gasteiger partial charge is 1.00 e. The van der Waals surface area contributed by atoms with Gasteiger partial charge in [0.05, 0.1) is 0 Å². The molecule has 0 bridgehead atoms. The van der Waals surface area contributed by atoms with Crippen molar-refractivity contribution in [1.29, 1.82) is 0 Å². The molecule has 0 aliphatic rings. The maximum atomic E-state index is 8.00. The Bertz CT molecular complexity index is 198. The summed E-state index contributed by atoms with van der Waals surface area (Å²) in [4.78, 5) is 18.5. The topological polar surface area (TPSA) is 134 Å². The van der Waals surface area contributed by atoms with Crippen molar-refractivity contribution < 1.29 is 35.8 Å². The van der Waals surface area contributed by atoms with Crippen molar-refractivity contribution in [2.75, 3.05) is 17.2 Å². The van der Waals surface area contributed by atoms with Crippen molar-refractivity contribution in [3.05, 3.63) is 0 Å². The summed E-state index contributed by atoms with van der Waals surface area (Å²) in [5, 5.41) is 0. The zero-order valence-electron chi connectivity index (χ0n) is 7.69. The number of nitrogen functional groups attached to an aromatic ring is 3. The van der Waals surface area contributed by atoms with Gasteiger partial charge >= 0.3 is 29.6 Å². The van der Waals surface area contributed by atoms with Crippen LogP contribution in [0.5, 0.6) is 0 Å². The summed E-state index contributed by atoms with van der Waals surface area (Å²) in [5.41, 5.74) is 15.4. The molecule has 0 radical (unpaired) electrons. The normalized spacial score (nSPS) is 7.33. The molecule has 0 spiro atoms. The second-order valence-corrected chi connectivity index (χ2v) is 1.41. The molecule has 8 heteroatoms. The number of carbonyl (C=O) groups is 1. The third kappa shape index (κ3) is 4.83. The van der Waals surface area contributed by atoms with Crippen LogP contribution in [0.1, 0.15) is 1.43 Å². The Hall–Kier alpha value is -0.920. The molecule has 1 aromatic heterocycles. The van der Waals surface area contributed by atoms with Gasteiger partial charge in [0, 0.05) is 0 Å². The fourth-order valence-corrected chi connectivity index (χ4v) is 0.427. The molecule has 1 rings (SSSR count). The monoisotopic (exact) mass is 180 g/mol. The van der Waals surface area contributed by atoms with E-state index < -0.39 is 0 Å². The van der Waals surface area contributed by atoms with Crippen molar-refractivity contribution in [3.8, 4) is 0 Å². The van der Waals surface area contributed by atoms with E-state index >= 15 is 0 Å². The molecule has 0 saturated heterocycles. The number of nitrogens with two attached hydrogens (primary N) is 3. The van der Waals surface area contributed by atoms with Crippen LogP contribution >= 0.6 is 0 Å². The van der Waals surface area contributed by atoms with Crippen LogP contribution in [0.15, 0.2) is 0 Å². The molecule has 7 nitrogen and oxygen atoms in total. The van der Waals surface area contributed by atoms with Gasteiger partial charge in [0.25, 0.3) is 0 Å². The van der Waals surface area contributed by atoms with Crippen LogP contribution in [0, 0.1) is 0 Å². The first-order valence-electron chi connectivity index (χ1n) is 2.50. The largest absolute Gasteiger partial charge is 1.00 e. The minimum Gasteiger partial charge on any atom is -1.00 e. The number of nitrogens with zero attached hydrogens (tertiary/aromatic N) is 3. The van der Waals surface area contributed by atoms with Crippen LogP contribution in [-0.2, 0) is 4.79 Å². The van der Waals surface area contributed by atoms with Crippen LogP contribution in [0.25, 0.3) is 0 Å². The molecule has 0 saturated carbocycles. The van der Waals surface area contributed by atoms with E-state index in [0.717, 1.165) is 0 Å². The van der Waals surface area contributed by atoms with E-state index in [4.69, 9.17) is 22.0 Å². The zero-order valence-corrected chi connectivity index (χ0v) is 8.69. The SMILES string of the molecule is C=O.Nc1nc(N)nc(N)n1.[H-].[Na+]. The Labute approximate surface area is 92.5 Å².